The van der Waals surface area contributed by atoms with Crippen molar-refractivity contribution >= 4 is 5.97 Å². The summed E-state index contributed by atoms with van der Waals surface area (Å²) in [6, 6.07) is -0.500. The Morgan fingerprint density at radius 3 is 2.31 bits per heavy atom. The van der Waals surface area contributed by atoms with Gasteiger partial charge in [0.2, 0.25) is 0 Å². The summed E-state index contributed by atoms with van der Waals surface area (Å²) in [5.74, 6) is -0.299. The molecule has 0 aromatic heterocycles. The number of hydrogen-bond donors (Lipinski definition) is 1. The van der Waals surface area contributed by atoms with Crippen LogP contribution >= 0.6 is 0 Å². The molecule has 4 nitrogen and oxygen atoms in total. The molecule has 0 saturated heterocycles. The first kappa shape index (κ1) is 15.4. The molecule has 0 aliphatic rings. The molecule has 1 atom stereocenters. The predicted molar refractivity (Wildman–Crippen MR) is 66.2 cm³/mol. The van der Waals surface area contributed by atoms with Gasteiger partial charge in [-0.2, -0.15) is 0 Å². The van der Waals surface area contributed by atoms with Crippen molar-refractivity contribution in [1.29, 1.82) is 0 Å². The molecule has 16 heavy (non-hydrogen) atoms. The van der Waals surface area contributed by atoms with Crippen molar-refractivity contribution in [3.8, 4) is 0 Å². The Kier molecular flexibility index (Phi) is 9.24. The van der Waals surface area contributed by atoms with Crippen LogP contribution in [0.4, 0.5) is 0 Å². The maximum Gasteiger partial charge on any atom is 0.322 e. The summed E-state index contributed by atoms with van der Waals surface area (Å²) in [5, 5.41) is 0. The van der Waals surface area contributed by atoms with Crippen molar-refractivity contribution in [3.05, 3.63) is 0 Å². The lowest BCUT2D eigenvalue weighted by molar-refractivity contribution is -0.144. The van der Waals surface area contributed by atoms with E-state index in [9.17, 15) is 4.79 Å². The van der Waals surface area contributed by atoms with Gasteiger partial charge in [0.25, 0.3) is 0 Å². The fraction of sp³-hybridized carbons (Fsp3) is 0.917. The van der Waals surface area contributed by atoms with Gasteiger partial charge in [0, 0.05) is 0 Å². The average molecular weight is 230 g/mol. The van der Waals surface area contributed by atoms with Gasteiger partial charge in [-0.05, 0) is 40.4 Å². The topological polar surface area (TPSA) is 55.6 Å². The largest absolute Gasteiger partial charge is 0.465 e. The minimum Gasteiger partial charge on any atom is -0.465 e. The van der Waals surface area contributed by atoms with E-state index in [1.54, 1.807) is 6.92 Å². The molecule has 0 aliphatic heterocycles. The zero-order valence-corrected chi connectivity index (χ0v) is 10.9. The summed E-state index contributed by atoms with van der Waals surface area (Å²) in [6.45, 7) is 3.30. The molecule has 96 valence electrons. The van der Waals surface area contributed by atoms with Gasteiger partial charge < -0.3 is 15.4 Å². The predicted octanol–water partition coefficient (Wildman–Crippen LogP) is 1.39. The molecule has 0 spiro atoms. The highest BCUT2D eigenvalue weighted by molar-refractivity contribution is 5.74. The van der Waals surface area contributed by atoms with E-state index >= 15 is 0 Å². The van der Waals surface area contributed by atoms with Crippen LogP contribution in [0.15, 0.2) is 0 Å². The number of carbonyl (C=O) groups excluding carboxylic acids is 1. The number of esters is 1. The lowest BCUT2D eigenvalue weighted by Gasteiger charge is -2.09. The normalized spacial score (nSPS) is 12.8. The van der Waals surface area contributed by atoms with E-state index in [2.05, 4.69) is 19.0 Å². The fourth-order valence-corrected chi connectivity index (χ4v) is 1.36. The van der Waals surface area contributed by atoms with Crippen LogP contribution in [0.2, 0.25) is 0 Å². The quantitative estimate of drug-likeness (QED) is 0.480. The van der Waals surface area contributed by atoms with Crippen LogP contribution in [0.5, 0.6) is 0 Å². The Labute approximate surface area is 99.1 Å². The maximum atomic E-state index is 11.0. The van der Waals surface area contributed by atoms with Crippen LogP contribution in [0.3, 0.4) is 0 Å². The molecule has 0 aliphatic carbocycles. The molecule has 4 heteroatoms. The zero-order valence-electron chi connectivity index (χ0n) is 10.9. The molecule has 1 unspecified atom stereocenters. The average Bonchev–Trinajstić information content (AvgIpc) is 2.21. The second-order valence-electron chi connectivity index (χ2n) is 4.53. The molecule has 0 aromatic carbocycles. The standard InChI is InChI=1S/C12H26N2O2/c1-11(13)12(15)16-10-8-6-4-5-7-9-14(2)3/h11H,4-10,13H2,1-3H3. The monoisotopic (exact) mass is 230 g/mol. The fourth-order valence-electron chi connectivity index (χ4n) is 1.36. The summed E-state index contributed by atoms with van der Waals surface area (Å²) >= 11 is 0. The highest BCUT2D eigenvalue weighted by Gasteiger charge is 2.07. The van der Waals surface area contributed by atoms with Crippen LogP contribution in [0.1, 0.15) is 39.0 Å². The van der Waals surface area contributed by atoms with Crippen molar-refractivity contribution in [1.82, 2.24) is 4.90 Å². The van der Waals surface area contributed by atoms with E-state index in [-0.39, 0.29) is 5.97 Å². The van der Waals surface area contributed by atoms with E-state index in [1.807, 2.05) is 0 Å². The number of nitrogens with zero attached hydrogens (tertiary/aromatic N) is 1. The molecule has 0 bridgehead atoms. The summed E-state index contributed by atoms with van der Waals surface area (Å²) in [5.41, 5.74) is 5.37. The summed E-state index contributed by atoms with van der Waals surface area (Å²) in [6.07, 6.45) is 5.77. The highest BCUT2D eigenvalue weighted by Crippen LogP contribution is 2.03. The third-order valence-electron chi connectivity index (χ3n) is 2.37. The Balaban J connectivity index is 3.13. The SMILES string of the molecule is CC(N)C(=O)OCCCCCCCN(C)C. The summed E-state index contributed by atoms with van der Waals surface area (Å²) in [7, 11) is 4.18. The van der Waals surface area contributed by atoms with Crippen LogP contribution in [-0.4, -0.2) is 44.2 Å². The van der Waals surface area contributed by atoms with E-state index in [1.165, 1.54) is 19.3 Å². The van der Waals surface area contributed by atoms with Gasteiger partial charge in [-0.25, -0.2) is 0 Å². The van der Waals surface area contributed by atoms with Gasteiger partial charge in [-0.1, -0.05) is 19.3 Å². The Bertz CT molecular complexity index is 182. The Morgan fingerprint density at radius 1 is 1.19 bits per heavy atom. The van der Waals surface area contributed by atoms with Crippen LogP contribution < -0.4 is 5.73 Å². The van der Waals surface area contributed by atoms with Gasteiger partial charge >= 0.3 is 5.97 Å². The van der Waals surface area contributed by atoms with Crippen molar-refractivity contribution in [2.24, 2.45) is 5.73 Å². The van der Waals surface area contributed by atoms with E-state index in [0.29, 0.717) is 6.61 Å². The molecule has 0 saturated carbocycles. The molecular formula is C12H26N2O2. The maximum absolute atomic E-state index is 11.0. The first-order chi connectivity index (χ1) is 7.54. The number of carbonyl (C=O) groups is 1. The third-order valence-corrected chi connectivity index (χ3v) is 2.37. The van der Waals surface area contributed by atoms with Crippen molar-refractivity contribution in [2.75, 3.05) is 27.2 Å². The molecule has 0 amide bonds. The Hall–Kier alpha value is -0.610. The number of nitrogens with two attached hydrogens (primary N) is 1. The number of hydrogen-bond acceptors (Lipinski definition) is 4. The molecule has 0 aromatic rings. The van der Waals surface area contributed by atoms with Gasteiger partial charge in [0.05, 0.1) is 6.61 Å². The number of ether oxygens (including phenoxy) is 1. The number of rotatable bonds is 9. The minimum absolute atomic E-state index is 0.299. The molecular weight excluding hydrogens is 204 g/mol. The van der Waals surface area contributed by atoms with Crippen molar-refractivity contribution < 1.29 is 9.53 Å². The van der Waals surface area contributed by atoms with Gasteiger partial charge in [0.15, 0.2) is 0 Å². The van der Waals surface area contributed by atoms with Gasteiger partial charge in [0.1, 0.15) is 6.04 Å². The van der Waals surface area contributed by atoms with Crippen LogP contribution in [-0.2, 0) is 9.53 Å². The zero-order chi connectivity index (χ0) is 12.4. The van der Waals surface area contributed by atoms with E-state index < -0.39 is 6.04 Å². The van der Waals surface area contributed by atoms with Gasteiger partial charge in [-0.3, -0.25) is 4.79 Å². The van der Waals surface area contributed by atoms with Crippen molar-refractivity contribution in [2.45, 2.75) is 45.1 Å². The smallest absolute Gasteiger partial charge is 0.322 e. The molecule has 0 fully saturated rings. The minimum atomic E-state index is -0.500. The summed E-state index contributed by atoms with van der Waals surface area (Å²) < 4.78 is 4.98. The lowest BCUT2D eigenvalue weighted by Crippen LogP contribution is -2.28. The second-order valence-corrected chi connectivity index (χ2v) is 4.53. The molecule has 0 rings (SSSR count). The third kappa shape index (κ3) is 9.93. The first-order valence-corrected chi connectivity index (χ1v) is 6.11. The summed E-state index contributed by atoms with van der Waals surface area (Å²) in [4.78, 5) is 13.2. The lowest BCUT2D eigenvalue weighted by atomic mass is 10.1. The molecule has 0 radical (unpaired) electrons. The van der Waals surface area contributed by atoms with Crippen LogP contribution in [0.25, 0.3) is 0 Å². The van der Waals surface area contributed by atoms with Gasteiger partial charge in [-0.15, -0.1) is 0 Å². The van der Waals surface area contributed by atoms with E-state index in [0.717, 1.165) is 19.4 Å². The molecule has 2 N–H and O–H groups in total. The first-order valence-electron chi connectivity index (χ1n) is 6.11. The Morgan fingerprint density at radius 2 is 1.75 bits per heavy atom. The highest BCUT2D eigenvalue weighted by atomic mass is 16.5. The van der Waals surface area contributed by atoms with Crippen LogP contribution in [0, 0.1) is 0 Å². The second kappa shape index (κ2) is 9.60. The number of unbranched alkanes of at least 4 members (excludes halogenated alkanes) is 4. The molecule has 0 heterocycles. The van der Waals surface area contributed by atoms with Crippen molar-refractivity contribution in [3.63, 3.8) is 0 Å². The van der Waals surface area contributed by atoms with E-state index in [4.69, 9.17) is 10.5 Å².